The zero-order valence-corrected chi connectivity index (χ0v) is 14.9. The van der Waals surface area contributed by atoms with Crippen molar-refractivity contribution in [1.29, 1.82) is 0 Å². The number of halogens is 1. The molecule has 0 fully saturated rings. The van der Waals surface area contributed by atoms with Gasteiger partial charge in [0.1, 0.15) is 5.82 Å². The molecule has 1 N–H and O–H groups in total. The number of amides is 1. The van der Waals surface area contributed by atoms with E-state index in [0.29, 0.717) is 30.6 Å². The third-order valence-electron chi connectivity index (χ3n) is 3.79. The Hall–Kier alpha value is -2.60. The second kappa shape index (κ2) is 7.53. The van der Waals surface area contributed by atoms with Gasteiger partial charge in [0.2, 0.25) is 5.88 Å². The molecule has 0 unspecified atom stereocenters. The standard InChI is InChI=1S/C18H19ClN4O2/c1-3-25-16-9-8-13(19)17(22-16)18(24)20-10-11-23-12(2)21-14-6-4-5-7-15(14)23/h4-9H,3,10-11H2,1-2H3,(H,20,24). The normalized spacial score (nSPS) is 10.8. The molecule has 0 aliphatic rings. The molecule has 0 saturated heterocycles. The van der Waals surface area contributed by atoms with E-state index in [1.165, 1.54) is 0 Å². The minimum Gasteiger partial charge on any atom is -0.478 e. The van der Waals surface area contributed by atoms with Gasteiger partial charge < -0.3 is 14.6 Å². The second-order valence-corrected chi connectivity index (χ2v) is 5.88. The number of pyridine rings is 1. The number of hydrogen-bond donors (Lipinski definition) is 1. The zero-order valence-electron chi connectivity index (χ0n) is 14.1. The first kappa shape index (κ1) is 17.2. The SMILES string of the molecule is CCOc1ccc(Cl)c(C(=O)NCCn2c(C)nc3ccccc32)n1. The Kier molecular flexibility index (Phi) is 5.19. The van der Waals surface area contributed by atoms with E-state index in [4.69, 9.17) is 16.3 Å². The Morgan fingerprint density at radius 2 is 2.04 bits per heavy atom. The molecular formula is C18H19ClN4O2. The average Bonchev–Trinajstić information content (AvgIpc) is 2.92. The summed E-state index contributed by atoms with van der Waals surface area (Å²) in [4.78, 5) is 21.0. The summed E-state index contributed by atoms with van der Waals surface area (Å²) in [6.07, 6.45) is 0. The van der Waals surface area contributed by atoms with Crippen LogP contribution in [0, 0.1) is 6.92 Å². The van der Waals surface area contributed by atoms with Crippen LogP contribution in [0.25, 0.3) is 11.0 Å². The molecule has 3 rings (SSSR count). The summed E-state index contributed by atoms with van der Waals surface area (Å²) >= 11 is 6.08. The van der Waals surface area contributed by atoms with Crippen molar-refractivity contribution in [3.8, 4) is 5.88 Å². The van der Waals surface area contributed by atoms with Crippen molar-refractivity contribution in [3.05, 3.63) is 52.9 Å². The van der Waals surface area contributed by atoms with Gasteiger partial charge in [-0.3, -0.25) is 4.79 Å². The topological polar surface area (TPSA) is 69.0 Å². The Balaban J connectivity index is 1.68. The van der Waals surface area contributed by atoms with Crippen LogP contribution in [0.15, 0.2) is 36.4 Å². The number of nitrogens with one attached hydrogen (secondary N) is 1. The summed E-state index contributed by atoms with van der Waals surface area (Å²) in [6, 6.07) is 11.2. The fourth-order valence-electron chi connectivity index (χ4n) is 2.65. The number of aromatic nitrogens is 3. The third-order valence-corrected chi connectivity index (χ3v) is 4.10. The van der Waals surface area contributed by atoms with Crippen LogP contribution in [0.1, 0.15) is 23.2 Å². The lowest BCUT2D eigenvalue weighted by molar-refractivity contribution is 0.0946. The van der Waals surface area contributed by atoms with Crippen molar-refractivity contribution in [2.45, 2.75) is 20.4 Å². The molecule has 3 aromatic rings. The first-order chi connectivity index (χ1) is 12.1. The fourth-order valence-corrected chi connectivity index (χ4v) is 2.85. The van der Waals surface area contributed by atoms with Crippen LogP contribution in [0.4, 0.5) is 0 Å². The highest BCUT2D eigenvalue weighted by atomic mass is 35.5. The number of nitrogens with zero attached hydrogens (tertiary/aromatic N) is 3. The Morgan fingerprint density at radius 3 is 2.84 bits per heavy atom. The van der Waals surface area contributed by atoms with Crippen LogP contribution >= 0.6 is 11.6 Å². The maximum absolute atomic E-state index is 12.4. The Labute approximate surface area is 150 Å². The molecule has 2 aromatic heterocycles. The first-order valence-electron chi connectivity index (χ1n) is 8.09. The summed E-state index contributed by atoms with van der Waals surface area (Å²) in [5.74, 6) is 0.965. The van der Waals surface area contributed by atoms with E-state index >= 15 is 0 Å². The van der Waals surface area contributed by atoms with Crippen LogP contribution in [0.2, 0.25) is 5.02 Å². The van der Waals surface area contributed by atoms with Gasteiger partial charge in [-0.25, -0.2) is 9.97 Å². The van der Waals surface area contributed by atoms with Crippen molar-refractivity contribution in [2.24, 2.45) is 0 Å². The molecule has 1 amide bonds. The van der Waals surface area contributed by atoms with Gasteiger partial charge in [-0.2, -0.15) is 0 Å². The highest BCUT2D eigenvalue weighted by Gasteiger charge is 2.14. The molecule has 0 spiro atoms. The van der Waals surface area contributed by atoms with E-state index in [0.717, 1.165) is 16.9 Å². The molecule has 0 saturated carbocycles. The highest BCUT2D eigenvalue weighted by molar-refractivity contribution is 6.33. The fraction of sp³-hybridized carbons (Fsp3) is 0.278. The largest absolute Gasteiger partial charge is 0.478 e. The van der Waals surface area contributed by atoms with Gasteiger partial charge in [-0.05, 0) is 32.0 Å². The number of aryl methyl sites for hydroxylation is 1. The molecule has 1 aromatic carbocycles. The van der Waals surface area contributed by atoms with E-state index < -0.39 is 0 Å². The van der Waals surface area contributed by atoms with Gasteiger partial charge in [-0.1, -0.05) is 23.7 Å². The van der Waals surface area contributed by atoms with Gasteiger partial charge in [-0.15, -0.1) is 0 Å². The molecule has 0 atom stereocenters. The smallest absolute Gasteiger partial charge is 0.271 e. The number of benzene rings is 1. The van der Waals surface area contributed by atoms with Gasteiger partial charge in [0.05, 0.1) is 22.7 Å². The molecule has 0 radical (unpaired) electrons. The summed E-state index contributed by atoms with van der Waals surface area (Å²) < 4.78 is 7.39. The quantitative estimate of drug-likeness (QED) is 0.734. The van der Waals surface area contributed by atoms with E-state index in [9.17, 15) is 4.79 Å². The predicted octanol–water partition coefficient (Wildman–Crippen LogP) is 3.22. The number of carbonyl (C=O) groups excluding carboxylic acids is 1. The van der Waals surface area contributed by atoms with Gasteiger partial charge >= 0.3 is 0 Å². The summed E-state index contributed by atoms with van der Waals surface area (Å²) in [5.41, 5.74) is 2.16. The predicted molar refractivity (Wildman–Crippen MR) is 97.2 cm³/mol. The van der Waals surface area contributed by atoms with Crippen molar-refractivity contribution in [2.75, 3.05) is 13.2 Å². The summed E-state index contributed by atoms with van der Waals surface area (Å²) in [5, 5.41) is 3.15. The van der Waals surface area contributed by atoms with Crippen LogP contribution < -0.4 is 10.1 Å². The molecule has 25 heavy (non-hydrogen) atoms. The van der Waals surface area contributed by atoms with Gasteiger partial charge in [0, 0.05) is 19.2 Å². The van der Waals surface area contributed by atoms with Crippen LogP contribution in [-0.4, -0.2) is 33.6 Å². The lowest BCUT2D eigenvalue weighted by Crippen LogP contribution is -2.28. The van der Waals surface area contributed by atoms with E-state index in [-0.39, 0.29) is 11.6 Å². The van der Waals surface area contributed by atoms with Crippen molar-refractivity contribution in [3.63, 3.8) is 0 Å². The molecule has 130 valence electrons. The summed E-state index contributed by atoms with van der Waals surface area (Å²) in [7, 11) is 0. The van der Waals surface area contributed by atoms with Gasteiger partial charge in [0.25, 0.3) is 5.91 Å². The first-order valence-corrected chi connectivity index (χ1v) is 8.47. The zero-order chi connectivity index (χ0) is 17.8. The van der Waals surface area contributed by atoms with E-state index in [1.54, 1.807) is 12.1 Å². The van der Waals surface area contributed by atoms with Crippen molar-refractivity contribution < 1.29 is 9.53 Å². The van der Waals surface area contributed by atoms with Crippen molar-refractivity contribution >= 4 is 28.5 Å². The third kappa shape index (κ3) is 3.74. The number of imidazole rings is 1. The molecule has 0 aliphatic carbocycles. The number of rotatable bonds is 6. The monoisotopic (exact) mass is 358 g/mol. The number of hydrogen-bond acceptors (Lipinski definition) is 4. The molecular weight excluding hydrogens is 340 g/mol. The second-order valence-electron chi connectivity index (χ2n) is 5.47. The molecule has 7 heteroatoms. The molecule has 0 aliphatic heterocycles. The summed E-state index contributed by atoms with van der Waals surface area (Å²) in [6.45, 7) is 5.33. The molecule has 6 nitrogen and oxygen atoms in total. The van der Waals surface area contributed by atoms with E-state index in [2.05, 4.69) is 19.9 Å². The van der Waals surface area contributed by atoms with Crippen LogP contribution in [-0.2, 0) is 6.54 Å². The van der Waals surface area contributed by atoms with E-state index in [1.807, 2.05) is 38.1 Å². The highest BCUT2D eigenvalue weighted by Crippen LogP contribution is 2.18. The lowest BCUT2D eigenvalue weighted by atomic mass is 10.3. The minimum atomic E-state index is -0.325. The van der Waals surface area contributed by atoms with Crippen molar-refractivity contribution in [1.82, 2.24) is 19.9 Å². The Bertz CT molecular complexity index is 907. The number of ether oxygens (including phenoxy) is 1. The minimum absolute atomic E-state index is 0.167. The maximum Gasteiger partial charge on any atom is 0.271 e. The molecule has 2 heterocycles. The number of para-hydroxylation sites is 2. The molecule has 0 bridgehead atoms. The van der Waals surface area contributed by atoms with Gasteiger partial charge in [0.15, 0.2) is 5.69 Å². The van der Waals surface area contributed by atoms with Crippen LogP contribution in [0.3, 0.4) is 0 Å². The number of carbonyl (C=O) groups is 1. The maximum atomic E-state index is 12.4. The van der Waals surface area contributed by atoms with Crippen LogP contribution in [0.5, 0.6) is 5.88 Å². The number of fused-ring (bicyclic) bond motifs is 1. The Morgan fingerprint density at radius 1 is 1.24 bits per heavy atom. The lowest BCUT2D eigenvalue weighted by Gasteiger charge is -2.10. The average molecular weight is 359 g/mol.